The molecule has 0 saturated heterocycles. The summed E-state index contributed by atoms with van der Waals surface area (Å²) in [5, 5.41) is 8.02. The molecule has 2 fully saturated rings. The minimum Gasteiger partial charge on any atom is -0.273 e. The summed E-state index contributed by atoms with van der Waals surface area (Å²) in [4.78, 5) is 23.3. The van der Waals surface area contributed by atoms with Gasteiger partial charge in [0.05, 0.1) is 0 Å². The largest absolute Gasteiger partial charge is 0.273 e. The standard InChI is InChI=1S/C18H30N4O2/c23-17(21-19-13-15-7-3-1-4-8-15)11-12-18(24)22-20-14-16-9-5-2-6-10-16/h13-16H,1-12H2,(H,21,23)(H,22,24)/b19-13+,20-14+. The number of nitrogens with zero attached hydrogens (tertiary/aromatic N) is 2. The molecule has 6 heteroatoms. The fraction of sp³-hybridized carbons (Fsp3) is 0.778. The smallest absolute Gasteiger partial charge is 0.240 e. The number of rotatable bonds is 7. The number of carbonyl (C=O) groups is 2. The summed E-state index contributed by atoms with van der Waals surface area (Å²) in [6.45, 7) is 0. The van der Waals surface area contributed by atoms with Crippen molar-refractivity contribution in [3.8, 4) is 0 Å². The Morgan fingerprint density at radius 3 is 1.46 bits per heavy atom. The molecule has 2 rings (SSSR count). The molecular formula is C18H30N4O2. The molecule has 0 heterocycles. The molecule has 2 aliphatic carbocycles. The van der Waals surface area contributed by atoms with Crippen LogP contribution in [0.25, 0.3) is 0 Å². The lowest BCUT2D eigenvalue weighted by molar-refractivity contribution is -0.126. The zero-order valence-electron chi connectivity index (χ0n) is 14.5. The van der Waals surface area contributed by atoms with E-state index in [2.05, 4.69) is 21.1 Å². The van der Waals surface area contributed by atoms with Crippen molar-refractivity contribution in [2.75, 3.05) is 0 Å². The Bertz CT molecular complexity index is 408. The van der Waals surface area contributed by atoms with E-state index < -0.39 is 0 Å². The molecule has 6 nitrogen and oxygen atoms in total. The summed E-state index contributed by atoms with van der Waals surface area (Å²) < 4.78 is 0. The molecule has 134 valence electrons. The van der Waals surface area contributed by atoms with Crippen LogP contribution in [-0.4, -0.2) is 24.2 Å². The Morgan fingerprint density at radius 1 is 0.708 bits per heavy atom. The number of nitrogens with one attached hydrogen (secondary N) is 2. The first-order valence-corrected chi connectivity index (χ1v) is 9.38. The van der Waals surface area contributed by atoms with Crippen molar-refractivity contribution in [1.82, 2.24) is 10.9 Å². The molecule has 2 aliphatic rings. The van der Waals surface area contributed by atoms with E-state index in [1.165, 1.54) is 38.5 Å². The van der Waals surface area contributed by atoms with Crippen LogP contribution in [0.5, 0.6) is 0 Å². The second-order valence-electron chi connectivity index (χ2n) is 6.92. The van der Waals surface area contributed by atoms with E-state index in [-0.39, 0.29) is 24.7 Å². The van der Waals surface area contributed by atoms with Gasteiger partial charge in [-0.3, -0.25) is 9.59 Å². The number of hydrogen-bond acceptors (Lipinski definition) is 4. The van der Waals surface area contributed by atoms with Gasteiger partial charge in [-0.05, 0) is 37.5 Å². The van der Waals surface area contributed by atoms with Gasteiger partial charge in [0.25, 0.3) is 0 Å². The highest BCUT2D eigenvalue weighted by Crippen LogP contribution is 2.22. The normalized spacial score (nSPS) is 20.5. The first-order valence-electron chi connectivity index (χ1n) is 9.38. The van der Waals surface area contributed by atoms with Gasteiger partial charge < -0.3 is 0 Å². The van der Waals surface area contributed by atoms with Crippen molar-refractivity contribution >= 4 is 24.2 Å². The zero-order valence-corrected chi connectivity index (χ0v) is 14.5. The Morgan fingerprint density at radius 2 is 1.08 bits per heavy atom. The Balaban J connectivity index is 1.54. The van der Waals surface area contributed by atoms with Crippen molar-refractivity contribution in [1.29, 1.82) is 0 Å². The van der Waals surface area contributed by atoms with E-state index in [1.807, 2.05) is 12.4 Å². The molecule has 0 aromatic carbocycles. The van der Waals surface area contributed by atoms with Crippen LogP contribution in [0, 0.1) is 11.8 Å². The van der Waals surface area contributed by atoms with E-state index in [9.17, 15) is 9.59 Å². The van der Waals surface area contributed by atoms with Gasteiger partial charge in [0.2, 0.25) is 11.8 Å². The third kappa shape index (κ3) is 7.70. The van der Waals surface area contributed by atoms with Crippen molar-refractivity contribution < 1.29 is 9.59 Å². The second-order valence-corrected chi connectivity index (χ2v) is 6.92. The molecule has 2 saturated carbocycles. The maximum atomic E-state index is 11.7. The lowest BCUT2D eigenvalue weighted by Crippen LogP contribution is -2.23. The molecular weight excluding hydrogens is 304 g/mol. The lowest BCUT2D eigenvalue weighted by Gasteiger charge is -2.16. The van der Waals surface area contributed by atoms with E-state index >= 15 is 0 Å². The Hall–Kier alpha value is -1.72. The molecule has 0 spiro atoms. The van der Waals surface area contributed by atoms with E-state index in [1.54, 1.807) is 0 Å². The number of hydrazone groups is 2. The lowest BCUT2D eigenvalue weighted by atomic mass is 9.90. The fourth-order valence-corrected chi connectivity index (χ4v) is 3.33. The van der Waals surface area contributed by atoms with E-state index in [4.69, 9.17) is 0 Å². The predicted molar refractivity (Wildman–Crippen MR) is 95.7 cm³/mol. The molecule has 0 unspecified atom stereocenters. The predicted octanol–water partition coefficient (Wildman–Crippen LogP) is 3.13. The van der Waals surface area contributed by atoms with Crippen molar-refractivity contribution in [2.24, 2.45) is 22.0 Å². The van der Waals surface area contributed by atoms with Gasteiger partial charge in [-0.25, -0.2) is 10.9 Å². The summed E-state index contributed by atoms with van der Waals surface area (Å²) in [5.74, 6) is 0.509. The van der Waals surface area contributed by atoms with Crippen molar-refractivity contribution in [3.63, 3.8) is 0 Å². The quantitative estimate of drug-likeness (QED) is 0.554. The number of amides is 2. The zero-order chi connectivity index (χ0) is 17.0. The van der Waals surface area contributed by atoms with Crippen LogP contribution in [-0.2, 0) is 9.59 Å². The minimum atomic E-state index is -0.228. The highest BCUT2D eigenvalue weighted by atomic mass is 16.2. The highest BCUT2D eigenvalue weighted by Gasteiger charge is 2.12. The maximum Gasteiger partial charge on any atom is 0.240 e. The summed E-state index contributed by atoms with van der Waals surface area (Å²) in [5.41, 5.74) is 5.01. The monoisotopic (exact) mass is 334 g/mol. The average Bonchev–Trinajstić information content (AvgIpc) is 2.62. The fourth-order valence-electron chi connectivity index (χ4n) is 3.33. The number of carbonyl (C=O) groups excluding carboxylic acids is 2. The average molecular weight is 334 g/mol. The Kier molecular flexibility index (Phi) is 8.49. The van der Waals surface area contributed by atoms with Gasteiger partial charge in [0, 0.05) is 25.3 Å². The van der Waals surface area contributed by atoms with Gasteiger partial charge in [-0.15, -0.1) is 0 Å². The molecule has 0 atom stereocenters. The molecule has 0 aromatic heterocycles. The van der Waals surface area contributed by atoms with Crippen LogP contribution in [0.3, 0.4) is 0 Å². The third-order valence-corrected chi connectivity index (χ3v) is 4.83. The topological polar surface area (TPSA) is 82.9 Å². The Labute approximate surface area is 144 Å². The first kappa shape index (κ1) is 18.6. The molecule has 2 amide bonds. The van der Waals surface area contributed by atoms with Gasteiger partial charge >= 0.3 is 0 Å². The highest BCUT2D eigenvalue weighted by molar-refractivity contribution is 5.84. The number of hydrogen-bond donors (Lipinski definition) is 2. The summed E-state index contributed by atoms with van der Waals surface area (Å²) >= 11 is 0. The van der Waals surface area contributed by atoms with E-state index in [0.717, 1.165) is 25.7 Å². The second kappa shape index (κ2) is 10.9. The SMILES string of the molecule is O=C(CCC(=O)N/N=C/C1CCCCC1)N/N=C/C1CCCCC1. The summed E-state index contributed by atoms with van der Waals surface area (Å²) in [6, 6.07) is 0. The minimum absolute atomic E-state index is 0.132. The third-order valence-electron chi connectivity index (χ3n) is 4.83. The first-order chi connectivity index (χ1) is 11.7. The van der Waals surface area contributed by atoms with Crippen LogP contribution >= 0.6 is 0 Å². The molecule has 0 bridgehead atoms. The van der Waals surface area contributed by atoms with Crippen LogP contribution < -0.4 is 10.9 Å². The van der Waals surface area contributed by atoms with E-state index in [0.29, 0.717) is 11.8 Å². The molecule has 0 aliphatic heterocycles. The molecule has 2 N–H and O–H groups in total. The van der Waals surface area contributed by atoms with Crippen molar-refractivity contribution in [3.05, 3.63) is 0 Å². The van der Waals surface area contributed by atoms with Gasteiger partial charge in [-0.2, -0.15) is 10.2 Å². The summed E-state index contributed by atoms with van der Waals surface area (Å²) in [7, 11) is 0. The van der Waals surface area contributed by atoms with Gasteiger partial charge in [0.1, 0.15) is 0 Å². The van der Waals surface area contributed by atoms with Crippen LogP contribution in [0.2, 0.25) is 0 Å². The van der Waals surface area contributed by atoms with Crippen LogP contribution in [0.1, 0.15) is 77.0 Å². The van der Waals surface area contributed by atoms with Gasteiger partial charge in [-0.1, -0.05) is 38.5 Å². The van der Waals surface area contributed by atoms with Gasteiger partial charge in [0.15, 0.2) is 0 Å². The van der Waals surface area contributed by atoms with Crippen LogP contribution in [0.4, 0.5) is 0 Å². The van der Waals surface area contributed by atoms with Crippen molar-refractivity contribution in [2.45, 2.75) is 77.0 Å². The molecule has 24 heavy (non-hydrogen) atoms. The van der Waals surface area contributed by atoms with Crippen LogP contribution in [0.15, 0.2) is 10.2 Å². The molecule has 0 radical (unpaired) electrons. The maximum absolute atomic E-state index is 11.7. The molecule has 0 aromatic rings. The summed E-state index contributed by atoms with van der Waals surface area (Å²) in [6.07, 6.45) is 16.1.